The van der Waals surface area contributed by atoms with Crippen LogP contribution in [0.2, 0.25) is 0 Å². The Labute approximate surface area is 130 Å². The molecule has 21 heavy (non-hydrogen) atoms. The van der Waals surface area contributed by atoms with Gasteiger partial charge in [0.15, 0.2) is 0 Å². The molecule has 3 heterocycles. The molecule has 0 N–H and O–H groups in total. The Kier molecular flexibility index (Phi) is 3.71. The minimum absolute atomic E-state index is 0.132. The van der Waals surface area contributed by atoms with Crippen molar-refractivity contribution in [1.82, 2.24) is 14.8 Å². The molecule has 0 bridgehead atoms. The highest BCUT2D eigenvalue weighted by Crippen LogP contribution is 2.34. The molecule has 1 amide bonds. The lowest BCUT2D eigenvalue weighted by molar-refractivity contribution is 0.0767. The summed E-state index contributed by atoms with van der Waals surface area (Å²) in [6, 6.07) is 0. The van der Waals surface area contributed by atoms with Crippen molar-refractivity contribution >= 4 is 17.2 Å². The Bertz CT molecular complexity index is 484. The molecule has 4 rings (SSSR count). The van der Waals surface area contributed by atoms with Crippen molar-refractivity contribution in [2.75, 3.05) is 32.7 Å². The number of likely N-dealkylation sites (tertiary alicyclic amines) is 2. The number of hydrogen-bond donors (Lipinski definition) is 0. The lowest BCUT2D eigenvalue weighted by Gasteiger charge is -2.23. The summed E-state index contributed by atoms with van der Waals surface area (Å²) in [5.41, 5.74) is 2.37. The first-order valence-electron chi connectivity index (χ1n) is 8.19. The summed E-state index contributed by atoms with van der Waals surface area (Å²) < 4.78 is 0. The highest BCUT2D eigenvalue weighted by atomic mass is 32.1. The molecule has 0 unspecified atom stereocenters. The minimum atomic E-state index is 0.132. The average Bonchev–Trinajstić information content (AvgIpc) is 3.23. The number of amides is 1. The maximum Gasteiger partial charge on any atom is 0.273 e. The second kappa shape index (κ2) is 5.69. The van der Waals surface area contributed by atoms with Crippen LogP contribution < -0.4 is 0 Å². The summed E-state index contributed by atoms with van der Waals surface area (Å²) in [5, 5.41) is 1.86. The number of hydrogen-bond acceptors (Lipinski definition) is 4. The van der Waals surface area contributed by atoms with Crippen LogP contribution in [0.5, 0.6) is 0 Å². The molecular formula is C16H23N3OS. The Morgan fingerprint density at radius 1 is 1.19 bits per heavy atom. The average molecular weight is 305 g/mol. The van der Waals surface area contributed by atoms with Gasteiger partial charge in [-0.2, -0.15) is 0 Å². The van der Waals surface area contributed by atoms with E-state index in [0.717, 1.165) is 19.0 Å². The van der Waals surface area contributed by atoms with Gasteiger partial charge >= 0.3 is 0 Å². The number of nitrogens with zero attached hydrogens (tertiary/aromatic N) is 3. The highest BCUT2D eigenvalue weighted by Gasteiger charge is 2.42. The van der Waals surface area contributed by atoms with Gasteiger partial charge in [-0.05, 0) is 30.6 Å². The van der Waals surface area contributed by atoms with Crippen LogP contribution in [0.3, 0.4) is 0 Å². The molecule has 1 aromatic heterocycles. The Hall–Kier alpha value is -0.940. The van der Waals surface area contributed by atoms with Crippen LogP contribution >= 0.6 is 11.3 Å². The minimum Gasteiger partial charge on any atom is -0.337 e. The smallest absolute Gasteiger partial charge is 0.273 e. The van der Waals surface area contributed by atoms with E-state index < -0.39 is 0 Å². The monoisotopic (exact) mass is 305 g/mol. The van der Waals surface area contributed by atoms with E-state index in [0.29, 0.717) is 17.5 Å². The molecule has 114 valence electrons. The van der Waals surface area contributed by atoms with E-state index in [4.69, 9.17) is 0 Å². The van der Waals surface area contributed by atoms with E-state index in [1.54, 1.807) is 5.51 Å². The number of thiazole rings is 1. The summed E-state index contributed by atoms with van der Waals surface area (Å²) in [6.45, 7) is 5.56. The molecule has 2 saturated heterocycles. The van der Waals surface area contributed by atoms with Gasteiger partial charge in [0.2, 0.25) is 0 Å². The van der Waals surface area contributed by atoms with Gasteiger partial charge in [0.25, 0.3) is 5.91 Å². The number of carbonyl (C=O) groups is 1. The first-order chi connectivity index (χ1) is 10.3. The van der Waals surface area contributed by atoms with E-state index >= 15 is 0 Å². The fourth-order valence-corrected chi connectivity index (χ4v) is 4.97. The first-order valence-corrected chi connectivity index (χ1v) is 9.13. The SMILES string of the molecule is O=C(c1cscn1)N1C[C@H]2CN(CC3CCCC3)C[C@@H]2C1. The zero-order chi connectivity index (χ0) is 14.2. The van der Waals surface area contributed by atoms with Crippen LogP contribution in [0.15, 0.2) is 10.9 Å². The molecule has 1 aromatic rings. The summed E-state index contributed by atoms with van der Waals surface area (Å²) in [4.78, 5) is 21.2. The number of rotatable bonds is 3. The van der Waals surface area contributed by atoms with Gasteiger partial charge in [-0.3, -0.25) is 4.79 Å². The summed E-state index contributed by atoms with van der Waals surface area (Å²) >= 11 is 1.50. The Morgan fingerprint density at radius 3 is 2.52 bits per heavy atom. The normalized spacial score (nSPS) is 30.2. The van der Waals surface area contributed by atoms with E-state index in [2.05, 4.69) is 9.88 Å². The molecular weight excluding hydrogens is 282 g/mol. The van der Waals surface area contributed by atoms with Gasteiger partial charge in [-0.1, -0.05) is 12.8 Å². The van der Waals surface area contributed by atoms with Crippen LogP contribution in [0.4, 0.5) is 0 Å². The molecule has 4 nitrogen and oxygen atoms in total. The largest absolute Gasteiger partial charge is 0.337 e. The van der Waals surface area contributed by atoms with Gasteiger partial charge in [0.1, 0.15) is 5.69 Å². The van der Waals surface area contributed by atoms with Gasteiger partial charge in [-0.15, -0.1) is 11.3 Å². The van der Waals surface area contributed by atoms with Crippen molar-refractivity contribution in [2.24, 2.45) is 17.8 Å². The topological polar surface area (TPSA) is 36.4 Å². The fourth-order valence-electron chi connectivity index (χ4n) is 4.44. The van der Waals surface area contributed by atoms with E-state index in [1.165, 1.54) is 56.7 Å². The van der Waals surface area contributed by atoms with E-state index in [9.17, 15) is 4.79 Å². The predicted octanol–water partition coefficient (Wildman–Crippen LogP) is 2.34. The highest BCUT2D eigenvalue weighted by molar-refractivity contribution is 7.07. The van der Waals surface area contributed by atoms with Gasteiger partial charge < -0.3 is 9.80 Å². The summed E-state index contributed by atoms with van der Waals surface area (Å²) in [5.74, 6) is 2.45. The number of fused-ring (bicyclic) bond motifs is 1. The zero-order valence-corrected chi connectivity index (χ0v) is 13.2. The summed E-state index contributed by atoms with van der Waals surface area (Å²) in [6.07, 6.45) is 5.73. The molecule has 1 saturated carbocycles. The van der Waals surface area contributed by atoms with E-state index in [-0.39, 0.29) is 5.91 Å². The molecule has 3 fully saturated rings. The van der Waals surface area contributed by atoms with Crippen LogP contribution in [-0.2, 0) is 0 Å². The van der Waals surface area contributed by atoms with Crippen LogP contribution in [0.1, 0.15) is 36.2 Å². The van der Waals surface area contributed by atoms with Crippen LogP contribution in [0, 0.1) is 17.8 Å². The summed E-state index contributed by atoms with van der Waals surface area (Å²) in [7, 11) is 0. The quantitative estimate of drug-likeness (QED) is 0.860. The third kappa shape index (κ3) is 2.73. The molecule has 0 spiro atoms. The maximum absolute atomic E-state index is 12.4. The predicted molar refractivity (Wildman–Crippen MR) is 83.4 cm³/mol. The third-order valence-electron chi connectivity index (χ3n) is 5.49. The lowest BCUT2D eigenvalue weighted by Crippen LogP contribution is -2.34. The fraction of sp³-hybridized carbons (Fsp3) is 0.750. The molecule has 2 atom stereocenters. The van der Waals surface area contributed by atoms with Gasteiger partial charge in [0, 0.05) is 38.1 Å². The van der Waals surface area contributed by atoms with Crippen LogP contribution in [-0.4, -0.2) is 53.4 Å². The standard InChI is InChI=1S/C16H23N3OS/c20-16(15-10-21-11-17-15)19-8-13-6-18(7-14(13)9-19)5-12-3-1-2-4-12/h10-14H,1-9H2/t13-,14-/m1/s1. The van der Waals surface area contributed by atoms with E-state index in [1.807, 2.05) is 10.3 Å². The molecule has 2 aliphatic heterocycles. The molecule has 0 aromatic carbocycles. The molecule has 1 aliphatic carbocycles. The van der Waals surface area contributed by atoms with Crippen molar-refractivity contribution in [3.63, 3.8) is 0 Å². The van der Waals surface area contributed by atoms with Gasteiger partial charge in [0.05, 0.1) is 5.51 Å². The van der Waals surface area contributed by atoms with Gasteiger partial charge in [-0.25, -0.2) is 4.98 Å². The zero-order valence-electron chi connectivity index (χ0n) is 12.4. The maximum atomic E-state index is 12.4. The van der Waals surface area contributed by atoms with Crippen molar-refractivity contribution in [2.45, 2.75) is 25.7 Å². The number of carbonyl (C=O) groups excluding carboxylic acids is 1. The second-order valence-electron chi connectivity index (χ2n) is 6.97. The lowest BCUT2D eigenvalue weighted by atomic mass is 10.0. The third-order valence-corrected chi connectivity index (χ3v) is 6.08. The molecule has 3 aliphatic rings. The Morgan fingerprint density at radius 2 is 1.90 bits per heavy atom. The second-order valence-corrected chi connectivity index (χ2v) is 7.69. The first kappa shape index (κ1) is 13.7. The van der Waals surface area contributed by atoms with Crippen molar-refractivity contribution in [1.29, 1.82) is 0 Å². The molecule has 5 heteroatoms. The Balaban J connectivity index is 1.32. The van der Waals surface area contributed by atoms with Crippen LogP contribution in [0.25, 0.3) is 0 Å². The van der Waals surface area contributed by atoms with Crippen molar-refractivity contribution < 1.29 is 4.79 Å². The van der Waals surface area contributed by atoms with Crippen molar-refractivity contribution in [3.05, 3.63) is 16.6 Å². The van der Waals surface area contributed by atoms with Crippen molar-refractivity contribution in [3.8, 4) is 0 Å². The number of aromatic nitrogens is 1. The molecule has 0 radical (unpaired) electrons.